The average molecular weight is 404 g/mol. The smallest absolute Gasteiger partial charge is 0.347 e. The molecule has 0 bridgehead atoms. The van der Waals surface area contributed by atoms with Gasteiger partial charge in [0.05, 0.1) is 29.1 Å². The SMILES string of the molecule is CCOC(=O)CO/N=C/c1c(Cl)nc(N)nc1-c1ccc(Cl)cc1Cl. The molecule has 0 aliphatic heterocycles. The van der Waals surface area contributed by atoms with E-state index in [9.17, 15) is 4.79 Å². The minimum atomic E-state index is -0.541. The Morgan fingerprint density at radius 2 is 2.08 bits per heavy atom. The number of hydrogen-bond acceptors (Lipinski definition) is 7. The predicted octanol–water partition coefficient (Wildman–Crippen LogP) is 3.60. The lowest BCUT2D eigenvalue weighted by Crippen LogP contribution is -2.10. The van der Waals surface area contributed by atoms with Crippen LogP contribution in [-0.4, -0.2) is 35.4 Å². The van der Waals surface area contributed by atoms with Gasteiger partial charge in [0.1, 0.15) is 5.15 Å². The van der Waals surface area contributed by atoms with Crippen LogP contribution in [0.1, 0.15) is 12.5 Å². The van der Waals surface area contributed by atoms with Gasteiger partial charge in [-0.15, -0.1) is 0 Å². The number of nitrogen functional groups attached to an aromatic ring is 1. The van der Waals surface area contributed by atoms with Gasteiger partial charge in [-0.3, -0.25) is 0 Å². The largest absolute Gasteiger partial charge is 0.463 e. The standard InChI is InChI=1S/C15H13Cl3N4O3/c1-2-24-12(23)7-25-20-6-10-13(21-15(19)22-14(10)18)9-4-3-8(16)5-11(9)17/h3-6H,2,7H2,1H3,(H2,19,21,22)/b20-6+. The number of benzene rings is 1. The number of halogens is 3. The molecular formula is C15H13Cl3N4O3. The molecule has 2 N–H and O–H groups in total. The van der Waals surface area contributed by atoms with E-state index in [0.29, 0.717) is 26.9 Å². The first-order chi connectivity index (χ1) is 11.9. The Bertz CT molecular complexity index is 815. The van der Waals surface area contributed by atoms with Crippen molar-refractivity contribution < 1.29 is 14.4 Å². The zero-order valence-electron chi connectivity index (χ0n) is 13.0. The first-order valence-electron chi connectivity index (χ1n) is 7.01. The molecule has 0 aliphatic rings. The fraction of sp³-hybridized carbons (Fsp3) is 0.200. The number of hydrogen-bond donors (Lipinski definition) is 1. The lowest BCUT2D eigenvalue weighted by Gasteiger charge is -2.09. The number of aromatic nitrogens is 2. The lowest BCUT2D eigenvalue weighted by atomic mass is 10.1. The van der Waals surface area contributed by atoms with Crippen LogP contribution in [0, 0.1) is 0 Å². The van der Waals surface area contributed by atoms with Crippen LogP contribution in [0.25, 0.3) is 11.3 Å². The summed E-state index contributed by atoms with van der Waals surface area (Å²) in [5, 5.41) is 4.56. The number of anilines is 1. The molecule has 7 nitrogen and oxygen atoms in total. The molecule has 0 fully saturated rings. The molecule has 2 aromatic rings. The molecule has 1 heterocycles. The molecule has 1 aromatic heterocycles. The molecule has 2 rings (SSSR count). The summed E-state index contributed by atoms with van der Waals surface area (Å²) in [7, 11) is 0. The third-order valence-electron chi connectivity index (χ3n) is 2.85. The Labute approximate surface area is 158 Å². The lowest BCUT2D eigenvalue weighted by molar-refractivity contribution is -0.148. The fourth-order valence-electron chi connectivity index (χ4n) is 1.84. The Balaban J connectivity index is 2.33. The number of oxime groups is 1. The molecule has 0 spiro atoms. The maximum atomic E-state index is 11.2. The number of nitrogens with two attached hydrogens (primary N) is 1. The molecule has 0 unspecified atom stereocenters. The first-order valence-corrected chi connectivity index (χ1v) is 8.15. The van der Waals surface area contributed by atoms with E-state index in [-0.39, 0.29) is 24.3 Å². The monoisotopic (exact) mass is 402 g/mol. The fourth-order valence-corrected chi connectivity index (χ4v) is 2.57. The number of nitrogens with zero attached hydrogens (tertiary/aromatic N) is 3. The maximum Gasteiger partial charge on any atom is 0.347 e. The van der Waals surface area contributed by atoms with Crippen molar-refractivity contribution in [3.05, 3.63) is 39.0 Å². The minimum Gasteiger partial charge on any atom is -0.463 e. The second kappa shape index (κ2) is 8.84. The topological polar surface area (TPSA) is 99.7 Å². The van der Waals surface area contributed by atoms with E-state index in [0.717, 1.165) is 0 Å². The molecule has 0 aliphatic carbocycles. The van der Waals surface area contributed by atoms with E-state index < -0.39 is 5.97 Å². The zero-order chi connectivity index (χ0) is 18.4. The van der Waals surface area contributed by atoms with Gasteiger partial charge in [0.15, 0.2) is 0 Å². The normalized spacial score (nSPS) is 10.9. The molecule has 0 saturated heterocycles. The van der Waals surface area contributed by atoms with Crippen LogP contribution in [0.4, 0.5) is 5.95 Å². The summed E-state index contributed by atoms with van der Waals surface area (Å²) in [6.45, 7) is 1.60. The quantitative estimate of drug-likeness (QED) is 0.342. The van der Waals surface area contributed by atoms with E-state index in [2.05, 4.69) is 15.1 Å². The van der Waals surface area contributed by atoms with Crippen LogP contribution in [0.2, 0.25) is 15.2 Å². The summed E-state index contributed by atoms with van der Waals surface area (Å²) in [4.78, 5) is 24.1. The van der Waals surface area contributed by atoms with E-state index in [1.54, 1.807) is 25.1 Å². The summed E-state index contributed by atoms with van der Waals surface area (Å²) in [5.74, 6) is -0.573. The number of esters is 1. The Morgan fingerprint density at radius 1 is 1.32 bits per heavy atom. The molecule has 25 heavy (non-hydrogen) atoms. The molecule has 10 heteroatoms. The van der Waals surface area contributed by atoms with Gasteiger partial charge in [-0.25, -0.2) is 14.8 Å². The maximum absolute atomic E-state index is 11.2. The highest BCUT2D eigenvalue weighted by Crippen LogP contribution is 2.33. The summed E-state index contributed by atoms with van der Waals surface area (Å²) in [6, 6.07) is 4.87. The van der Waals surface area contributed by atoms with Gasteiger partial charge in [0, 0.05) is 10.6 Å². The Morgan fingerprint density at radius 3 is 2.76 bits per heavy atom. The van der Waals surface area contributed by atoms with Crippen LogP contribution in [0.15, 0.2) is 23.4 Å². The Kier molecular flexibility index (Phi) is 6.81. The van der Waals surface area contributed by atoms with Crippen molar-refractivity contribution in [3.8, 4) is 11.3 Å². The van der Waals surface area contributed by atoms with Gasteiger partial charge in [-0.05, 0) is 25.1 Å². The highest BCUT2D eigenvalue weighted by Gasteiger charge is 2.15. The van der Waals surface area contributed by atoms with Crippen molar-refractivity contribution in [2.75, 3.05) is 18.9 Å². The highest BCUT2D eigenvalue weighted by molar-refractivity contribution is 6.37. The summed E-state index contributed by atoms with van der Waals surface area (Å²) < 4.78 is 4.72. The summed E-state index contributed by atoms with van der Waals surface area (Å²) in [6.07, 6.45) is 1.27. The summed E-state index contributed by atoms with van der Waals surface area (Å²) >= 11 is 18.2. The number of rotatable bonds is 6. The molecule has 1 aromatic carbocycles. The third-order valence-corrected chi connectivity index (χ3v) is 3.68. The second-order valence-corrected chi connectivity index (χ2v) is 5.77. The average Bonchev–Trinajstić information content (AvgIpc) is 2.53. The van der Waals surface area contributed by atoms with Gasteiger partial charge in [0.2, 0.25) is 12.6 Å². The third kappa shape index (κ3) is 5.19. The second-order valence-electron chi connectivity index (χ2n) is 4.57. The molecular weight excluding hydrogens is 391 g/mol. The molecule has 132 valence electrons. The van der Waals surface area contributed by atoms with E-state index in [4.69, 9.17) is 50.1 Å². The van der Waals surface area contributed by atoms with E-state index in [1.165, 1.54) is 6.21 Å². The van der Waals surface area contributed by atoms with Gasteiger partial charge in [0.25, 0.3) is 0 Å². The van der Waals surface area contributed by atoms with E-state index >= 15 is 0 Å². The molecule has 0 atom stereocenters. The van der Waals surface area contributed by atoms with Crippen LogP contribution >= 0.6 is 34.8 Å². The summed E-state index contributed by atoms with van der Waals surface area (Å²) in [5.41, 5.74) is 6.87. The van der Waals surface area contributed by atoms with Gasteiger partial charge >= 0.3 is 5.97 Å². The van der Waals surface area contributed by atoms with Crippen LogP contribution in [0.5, 0.6) is 0 Å². The molecule has 0 amide bonds. The Hall–Kier alpha value is -2.09. The van der Waals surface area contributed by atoms with Gasteiger partial charge in [-0.1, -0.05) is 40.0 Å². The van der Waals surface area contributed by atoms with Crippen LogP contribution in [0.3, 0.4) is 0 Å². The molecule has 0 radical (unpaired) electrons. The van der Waals surface area contributed by atoms with Crippen molar-refractivity contribution in [2.24, 2.45) is 5.16 Å². The van der Waals surface area contributed by atoms with Crippen molar-refractivity contribution in [2.45, 2.75) is 6.92 Å². The van der Waals surface area contributed by atoms with Gasteiger partial charge < -0.3 is 15.3 Å². The van der Waals surface area contributed by atoms with Crippen LogP contribution in [-0.2, 0) is 14.4 Å². The number of ether oxygens (including phenoxy) is 1. The molecule has 0 saturated carbocycles. The minimum absolute atomic E-state index is 0.0318. The van der Waals surface area contributed by atoms with Crippen molar-refractivity contribution in [1.29, 1.82) is 0 Å². The number of carbonyl (C=O) groups excluding carboxylic acids is 1. The highest BCUT2D eigenvalue weighted by atomic mass is 35.5. The van der Waals surface area contributed by atoms with Crippen molar-refractivity contribution in [1.82, 2.24) is 9.97 Å². The van der Waals surface area contributed by atoms with E-state index in [1.807, 2.05) is 0 Å². The first kappa shape index (κ1) is 19.2. The van der Waals surface area contributed by atoms with Gasteiger partial charge in [-0.2, -0.15) is 0 Å². The number of carbonyl (C=O) groups is 1. The zero-order valence-corrected chi connectivity index (χ0v) is 15.3. The van der Waals surface area contributed by atoms with Crippen LogP contribution < -0.4 is 5.73 Å². The van der Waals surface area contributed by atoms with Crippen molar-refractivity contribution >= 4 is 52.9 Å². The van der Waals surface area contributed by atoms with Crippen molar-refractivity contribution in [3.63, 3.8) is 0 Å². The predicted molar refractivity (Wildman–Crippen MR) is 97.1 cm³/mol.